The Labute approximate surface area is 750 Å². The number of piperidine rings is 1. The summed E-state index contributed by atoms with van der Waals surface area (Å²) in [5.74, 6) is -22.9. The van der Waals surface area contributed by atoms with Crippen LogP contribution in [0.25, 0.3) is 0 Å². The van der Waals surface area contributed by atoms with Crippen molar-refractivity contribution in [3.63, 3.8) is 0 Å². The fourth-order valence-corrected chi connectivity index (χ4v) is 13.3. The third kappa shape index (κ3) is 39.7. The van der Waals surface area contributed by atoms with Gasteiger partial charge in [0.15, 0.2) is 0 Å². The van der Waals surface area contributed by atoms with E-state index >= 15 is 0 Å². The summed E-state index contributed by atoms with van der Waals surface area (Å²) >= 11 is 0. The Morgan fingerprint density at radius 3 is 1.31 bits per heavy atom. The maximum absolute atomic E-state index is 14.7. The maximum atomic E-state index is 14.7. The number of aliphatic hydroxyl groups is 4. The van der Waals surface area contributed by atoms with E-state index in [-0.39, 0.29) is 74.1 Å². The van der Waals surface area contributed by atoms with E-state index in [9.17, 15) is 137 Å². The molecule has 130 heavy (non-hydrogen) atoms. The van der Waals surface area contributed by atoms with Crippen LogP contribution in [0.5, 0.6) is 11.5 Å². The van der Waals surface area contributed by atoms with Crippen LogP contribution in [0.15, 0.2) is 78.9 Å². The van der Waals surface area contributed by atoms with E-state index in [1.165, 1.54) is 67.6 Å². The molecular formula is C85H125N17O28. The third-order valence-corrected chi connectivity index (χ3v) is 20.8. The van der Waals surface area contributed by atoms with Crippen LogP contribution in [0.3, 0.4) is 0 Å². The molecule has 0 radical (unpaired) electrons. The van der Waals surface area contributed by atoms with Crippen LogP contribution in [0.4, 0.5) is 0 Å². The van der Waals surface area contributed by atoms with Crippen LogP contribution in [0.1, 0.15) is 155 Å². The van der Waals surface area contributed by atoms with E-state index in [0.29, 0.717) is 49.9 Å². The fraction of sp³-hybridized carbons (Fsp3) is 0.565. The van der Waals surface area contributed by atoms with E-state index in [2.05, 4.69) is 79.8 Å². The van der Waals surface area contributed by atoms with Gasteiger partial charge in [-0.15, -0.1) is 0 Å². The van der Waals surface area contributed by atoms with Crippen molar-refractivity contribution in [2.24, 2.45) is 17.6 Å². The number of nitrogens with one attached hydrogen (secondary N) is 15. The van der Waals surface area contributed by atoms with Gasteiger partial charge in [0.2, 0.25) is 94.5 Å². The number of benzene rings is 3. The lowest BCUT2D eigenvalue weighted by Crippen LogP contribution is -2.63. The number of aromatic hydroxyl groups is 2. The molecule has 0 aliphatic carbocycles. The number of carboxylic acid groups (broad SMARTS) is 3. The van der Waals surface area contributed by atoms with E-state index < -0.39 is 261 Å². The van der Waals surface area contributed by atoms with E-state index in [1.54, 1.807) is 50.8 Å². The minimum absolute atomic E-state index is 0.0395. The molecule has 45 heteroatoms. The van der Waals surface area contributed by atoms with Crippen molar-refractivity contribution in [2.75, 3.05) is 45.9 Å². The Balaban J connectivity index is 1.53. The second-order valence-electron chi connectivity index (χ2n) is 32.1. The Hall–Kier alpha value is -13.0. The molecule has 3 aromatic carbocycles. The normalized spacial score (nSPS) is 15.5. The van der Waals surface area contributed by atoms with Crippen molar-refractivity contribution in [3.8, 4) is 11.5 Å². The molecule has 3 aromatic rings. The molecule has 1 saturated heterocycles. The fourth-order valence-electron chi connectivity index (χ4n) is 13.3. The first-order valence-electron chi connectivity index (χ1n) is 42.7. The van der Waals surface area contributed by atoms with Gasteiger partial charge in [0.05, 0.1) is 44.8 Å². The average molecular weight is 1830 g/mol. The molecule has 0 unspecified atom stereocenters. The van der Waals surface area contributed by atoms with Gasteiger partial charge < -0.3 is 136 Å². The number of phenols is 2. The monoisotopic (exact) mass is 1830 g/mol. The Bertz CT molecular complexity index is 4330. The van der Waals surface area contributed by atoms with Crippen LogP contribution >= 0.6 is 0 Å². The van der Waals surface area contributed by atoms with Crippen molar-refractivity contribution in [1.29, 1.82) is 0 Å². The van der Waals surface area contributed by atoms with E-state index in [4.69, 9.17) is 5.73 Å². The Morgan fingerprint density at radius 2 is 0.831 bits per heavy atom. The van der Waals surface area contributed by atoms with Gasteiger partial charge in [0, 0.05) is 70.6 Å². The standard InChI is InChI=1S/C85H125N17O28/c1-8-46(4)71(83(128)95-58(39-52-22-26-54(108)27-23-52)77(122)91-56(36-45(2)3)76(121)93-60(40-69(115)116)75(120)89-47(5)16-12-14-32-86)100-82(127)63(44-104)97-78(123)57(38-51-20-24-53(107)25-21-51)92-79(124)61(41-70(117)118)94-81(126)62(43-103)98-85(130)73(49(7)106)101-80(125)59(37-50-17-10-9-11-18-50)96-84(129)72(48(6)105)99-66(111)42-88-74(119)55(28-29-68(113)114)90-65(110)30-33-87-64(109)31-35-102-34-15-13-19-67(102)112/h9-11,17-18,20-27,45-49,55-63,71-73,103-108H,8,12-16,19,28-44,86H2,1-7H3,(H,87,109)(H,88,119)(H,89,120)(H,90,110)(H,91,122)(H,92,124)(H,93,121)(H,94,126)(H,95,128)(H,96,129)(H,97,123)(H,98,130)(H,99,111)(H,100,127)(H,101,125)(H,113,114)(H,115,116)(H,117,118)/t46-,47+,48+,49+,55-,56-,57-,58-,59-,60-,61-,62-,63-,71-,72-,73-/m0/s1. The zero-order valence-electron chi connectivity index (χ0n) is 73.6. The summed E-state index contributed by atoms with van der Waals surface area (Å²) < 4.78 is 0. The van der Waals surface area contributed by atoms with Crippen molar-refractivity contribution >= 4 is 112 Å². The molecule has 1 heterocycles. The number of amides is 16. The van der Waals surface area contributed by atoms with Gasteiger partial charge in [-0.1, -0.05) is 95.1 Å². The van der Waals surface area contributed by atoms with E-state index in [1.807, 2.05) is 0 Å². The predicted octanol–water partition coefficient (Wildman–Crippen LogP) is -5.75. The summed E-state index contributed by atoms with van der Waals surface area (Å²) in [7, 11) is 0. The quantitative estimate of drug-likeness (QED) is 0.0234. The van der Waals surface area contributed by atoms with Gasteiger partial charge in [-0.05, 0) is 119 Å². The van der Waals surface area contributed by atoms with Crippen LogP contribution in [-0.4, -0.2) is 300 Å². The highest BCUT2D eigenvalue weighted by Gasteiger charge is 2.40. The van der Waals surface area contributed by atoms with Gasteiger partial charge in [-0.2, -0.15) is 0 Å². The summed E-state index contributed by atoms with van der Waals surface area (Å²) in [5.41, 5.74) is 6.50. The second kappa shape index (κ2) is 56.3. The smallest absolute Gasteiger partial charge is 0.305 e. The summed E-state index contributed by atoms with van der Waals surface area (Å²) in [6.45, 7) is 7.69. The van der Waals surface area contributed by atoms with Gasteiger partial charge in [0.25, 0.3) is 0 Å². The molecule has 718 valence electrons. The predicted molar refractivity (Wildman–Crippen MR) is 461 cm³/mol. The number of phenolic OH excluding ortho intramolecular Hbond substituents is 2. The number of hydrogen-bond acceptors (Lipinski definition) is 26. The molecule has 0 bridgehead atoms. The number of aliphatic hydroxyl groups excluding tert-OH is 4. The maximum Gasteiger partial charge on any atom is 0.305 e. The number of nitrogens with two attached hydrogens (primary N) is 1. The molecule has 0 saturated carbocycles. The van der Waals surface area contributed by atoms with Crippen molar-refractivity contribution in [2.45, 2.75) is 248 Å². The van der Waals surface area contributed by atoms with Crippen LogP contribution < -0.4 is 85.5 Å². The summed E-state index contributed by atoms with van der Waals surface area (Å²) in [5, 5.41) is 128. The largest absolute Gasteiger partial charge is 0.508 e. The number of carboxylic acids is 3. The van der Waals surface area contributed by atoms with Crippen LogP contribution in [0, 0.1) is 11.8 Å². The summed E-state index contributed by atoms with van der Waals surface area (Å²) in [4.78, 5) is 259. The first-order chi connectivity index (χ1) is 61.4. The second-order valence-corrected chi connectivity index (χ2v) is 32.1. The van der Waals surface area contributed by atoms with Crippen molar-refractivity contribution in [3.05, 3.63) is 95.6 Å². The average Bonchev–Trinajstić information content (AvgIpc) is 0.844. The number of hydrogen-bond donors (Lipinski definition) is 25. The molecule has 45 nitrogen and oxygen atoms in total. The molecule has 1 aliphatic heterocycles. The molecule has 1 aliphatic rings. The molecule has 0 aromatic heterocycles. The molecule has 16 amide bonds. The zero-order chi connectivity index (χ0) is 97.0. The highest BCUT2D eigenvalue weighted by Crippen LogP contribution is 2.19. The summed E-state index contributed by atoms with van der Waals surface area (Å²) in [6, 6.07) is -4.23. The lowest BCUT2D eigenvalue weighted by molar-refractivity contribution is -0.142. The number of aliphatic carboxylic acids is 3. The first-order valence-corrected chi connectivity index (χ1v) is 42.7. The lowest BCUT2D eigenvalue weighted by Gasteiger charge is -2.30. The number of carbonyl (C=O) groups excluding carboxylic acids is 16. The number of unbranched alkanes of at least 4 members (excludes halogenated alkanes) is 1. The van der Waals surface area contributed by atoms with Gasteiger partial charge in [-0.3, -0.25) is 91.1 Å². The Kier molecular flexibility index (Phi) is 47.4. The highest BCUT2D eigenvalue weighted by molar-refractivity contribution is 6.01. The van der Waals surface area contributed by atoms with Crippen LogP contribution in [0.2, 0.25) is 0 Å². The van der Waals surface area contributed by atoms with Crippen LogP contribution in [-0.2, 0) is 110 Å². The van der Waals surface area contributed by atoms with Crippen molar-refractivity contribution in [1.82, 2.24) is 84.7 Å². The minimum atomic E-state index is -2.22. The molecule has 0 spiro atoms. The third-order valence-electron chi connectivity index (χ3n) is 20.8. The lowest BCUT2D eigenvalue weighted by atomic mass is 9.96. The van der Waals surface area contributed by atoms with Gasteiger partial charge in [-0.25, -0.2) is 0 Å². The molecular weight excluding hydrogens is 1710 g/mol. The molecule has 26 N–H and O–H groups in total. The number of carbonyl (C=O) groups is 19. The Morgan fingerprint density at radius 1 is 0.408 bits per heavy atom. The van der Waals surface area contributed by atoms with Crippen molar-refractivity contribution < 1.29 is 137 Å². The van der Waals surface area contributed by atoms with Gasteiger partial charge >= 0.3 is 17.9 Å². The molecule has 1 fully saturated rings. The minimum Gasteiger partial charge on any atom is -0.508 e. The molecule has 16 atom stereocenters. The number of likely N-dealkylation sites (tertiary alicyclic amines) is 1. The SMILES string of the molecule is CC[C@H](C)[C@H](NC(=O)[C@H](CO)NC(=O)[C@H](Cc1ccc(O)cc1)NC(=O)[C@H](CC(=O)O)NC(=O)[C@H](CO)NC(=O)[C@@H](NC(=O)[C@H](Cc1ccccc1)NC(=O)[C@@H](NC(=O)CNC(=O)[C@H](CCC(=O)O)NC(=O)CCNC(=O)CCN1CCCCC1=O)[C@@H](C)O)[C@@H](C)O)C(=O)N[C@@H](Cc1ccc(O)cc1)C(=O)N[C@@H](CC(C)C)C(=O)N[C@@H](CC(=O)O)C(=O)N[C@H](C)CCCCN. The number of nitrogens with zero attached hydrogens (tertiary/aromatic N) is 1. The zero-order valence-corrected chi connectivity index (χ0v) is 73.6. The highest BCUT2D eigenvalue weighted by atomic mass is 16.4. The van der Waals surface area contributed by atoms with Gasteiger partial charge in [0.1, 0.15) is 84.0 Å². The number of rotatable bonds is 58. The topological polar surface area (TPSA) is 716 Å². The summed E-state index contributed by atoms with van der Waals surface area (Å²) in [6.07, 6.45) is -4.84. The van der Waals surface area contributed by atoms with E-state index in [0.717, 1.165) is 26.7 Å². The molecule has 4 rings (SSSR count). The first kappa shape index (κ1) is 109.